The SMILES string of the molecule is COCCOCCCNc1cccc(F)n1. The van der Waals surface area contributed by atoms with Crippen molar-refractivity contribution < 1.29 is 13.9 Å². The monoisotopic (exact) mass is 228 g/mol. The Morgan fingerprint density at radius 1 is 1.31 bits per heavy atom. The van der Waals surface area contributed by atoms with Gasteiger partial charge in [-0.2, -0.15) is 4.39 Å². The van der Waals surface area contributed by atoms with Crippen molar-refractivity contribution in [3.05, 3.63) is 24.1 Å². The van der Waals surface area contributed by atoms with E-state index in [1.807, 2.05) is 0 Å². The fraction of sp³-hybridized carbons (Fsp3) is 0.545. The van der Waals surface area contributed by atoms with Gasteiger partial charge in [0.2, 0.25) is 5.95 Å². The second kappa shape index (κ2) is 8.01. The van der Waals surface area contributed by atoms with E-state index in [0.717, 1.165) is 6.42 Å². The number of anilines is 1. The number of hydrogen-bond acceptors (Lipinski definition) is 4. The minimum atomic E-state index is -0.471. The second-order valence-corrected chi connectivity index (χ2v) is 3.23. The van der Waals surface area contributed by atoms with Crippen molar-refractivity contribution >= 4 is 5.82 Å². The van der Waals surface area contributed by atoms with Gasteiger partial charge in [-0.1, -0.05) is 6.07 Å². The largest absolute Gasteiger partial charge is 0.382 e. The molecule has 0 fully saturated rings. The summed E-state index contributed by atoms with van der Waals surface area (Å²) in [6.07, 6.45) is 0.849. The van der Waals surface area contributed by atoms with Gasteiger partial charge in [0.05, 0.1) is 13.2 Å². The van der Waals surface area contributed by atoms with Gasteiger partial charge in [0.25, 0.3) is 0 Å². The van der Waals surface area contributed by atoms with Gasteiger partial charge in [-0.05, 0) is 18.6 Å². The van der Waals surface area contributed by atoms with Crippen LogP contribution in [0.2, 0.25) is 0 Å². The highest BCUT2D eigenvalue weighted by Crippen LogP contribution is 2.02. The van der Waals surface area contributed by atoms with E-state index >= 15 is 0 Å². The summed E-state index contributed by atoms with van der Waals surface area (Å²) in [5.41, 5.74) is 0. The molecule has 1 N–H and O–H groups in total. The van der Waals surface area contributed by atoms with Crippen LogP contribution >= 0.6 is 0 Å². The Hall–Kier alpha value is -1.20. The zero-order valence-electron chi connectivity index (χ0n) is 9.41. The number of rotatable bonds is 8. The Morgan fingerprint density at radius 3 is 2.94 bits per heavy atom. The summed E-state index contributed by atoms with van der Waals surface area (Å²) in [4.78, 5) is 3.68. The molecular formula is C11H17FN2O2. The molecule has 16 heavy (non-hydrogen) atoms. The highest BCUT2D eigenvalue weighted by atomic mass is 19.1. The molecular weight excluding hydrogens is 211 g/mol. The van der Waals surface area contributed by atoms with E-state index < -0.39 is 5.95 Å². The first-order chi connectivity index (χ1) is 7.83. The molecule has 0 saturated carbocycles. The van der Waals surface area contributed by atoms with Crippen molar-refractivity contribution in [3.63, 3.8) is 0 Å². The van der Waals surface area contributed by atoms with Gasteiger partial charge in [-0.3, -0.25) is 0 Å². The number of halogens is 1. The van der Waals surface area contributed by atoms with Gasteiger partial charge in [-0.15, -0.1) is 0 Å². The van der Waals surface area contributed by atoms with Crippen LogP contribution in [0.15, 0.2) is 18.2 Å². The maximum Gasteiger partial charge on any atom is 0.214 e. The fourth-order valence-electron chi connectivity index (χ4n) is 1.14. The van der Waals surface area contributed by atoms with Gasteiger partial charge in [-0.25, -0.2) is 4.98 Å². The predicted molar refractivity (Wildman–Crippen MR) is 60.0 cm³/mol. The molecule has 4 nitrogen and oxygen atoms in total. The third kappa shape index (κ3) is 5.63. The van der Waals surface area contributed by atoms with E-state index in [1.165, 1.54) is 6.07 Å². The van der Waals surface area contributed by atoms with Gasteiger partial charge >= 0.3 is 0 Å². The van der Waals surface area contributed by atoms with Crippen LogP contribution in [0.25, 0.3) is 0 Å². The normalized spacial score (nSPS) is 10.4. The molecule has 5 heteroatoms. The lowest BCUT2D eigenvalue weighted by Crippen LogP contribution is -2.09. The molecule has 1 heterocycles. The lowest BCUT2D eigenvalue weighted by molar-refractivity contribution is 0.0705. The van der Waals surface area contributed by atoms with Crippen LogP contribution in [0.3, 0.4) is 0 Å². The zero-order valence-corrected chi connectivity index (χ0v) is 9.41. The van der Waals surface area contributed by atoms with Crippen LogP contribution in [-0.4, -0.2) is 38.5 Å². The van der Waals surface area contributed by atoms with Crippen molar-refractivity contribution in [2.24, 2.45) is 0 Å². The average molecular weight is 228 g/mol. The third-order valence-electron chi connectivity index (χ3n) is 1.92. The third-order valence-corrected chi connectivity index (χ3v) is 1.92. The molecule has 90 valence electrons. The highest BCUT2D eigenvalue weighted by Gasteiger charge is 1.95. The molecule has 1 rings (SSSR count). The summed E-state index contributed by atoms with van der Waals surface area (Å²) in [7, 11) is 1.64. The maximum absolute atomic E-state index is 12.7. The number of hydrogen-bond donors (Lipinski definition) is 1. The summed E-state index contributed by atoms with van der Waals surface area (Å²) in [6.45, 7) is 2.59. The van der Waals surface area contributed by atoms with Crippen molar-refractivity contribution in [2.45, 2.75) is 6.42 Å². The summed E-state index contributed by atoms with van der Waals surface area (Å²) < 4.78 is 22.8. The molecule has 0 unspecified atom stereocenters. The van der Waals surface area contributed by atoms with Gasteiger partial charge in [0.15, 0.2) is 0 Å². The molecule has 0 amide bonds. The van der Waals surface area contributed by atoms with Gasteiger partial charge in [0, 0.05) is 20.3 Å². The van der Waals surface area contributed by atoms with Crippen molar-refractivity contribution in [2.75, 3.05) is 38.8 Å². The van der Waals surface area contributed by atoms with Crippen LogP contribution in [0.5, 0.6) is 0 Å². The number of nitrogens with zero attached hydrogens (tertiary/aromatic N) is 1. The molecule has 0 bridgehead atoms. The first-order valence-electron chi connectivity index (χ1n) is 5.26. The number of pyridine rings is 1. The molecule has 0 saturated heterocycles. The van der Waals surface area contributed by atoms with Crippen molar-refractivity contribution in [1.29, 1.82) is 0 Å². The summed E-state index contributed by atoms with van der Waals surface area (Å²) in [5.74, 6) is 0.0817. The number of nitrogens with one attached hydrogen (secondary N) is 1. The Kier molecular flexibility index (Phi) is 6.44. The molecule has 1 aromatic rings. The number of ether oxygens (including phenoxy) is 2. The summed E-state index contributed by atoms with van der Waals surface area (Å²) in [5, 5.41) is 3.01. The van der Waals surface area contributed by atoms with Crippen molar-refractivity contribution in [3.8, 4) is 0 Å². The van der Waals surface area contributed by atoms with Crippen LogP contribution in [0.4, 0.5) is 10.2 Å². The number of methoxy groups -OCH3 is 1. The van der Waals surface area contributed by atoms with E-state index in [1.54, 1.807) is 19.2 Å². The first-order valence-corrected chi connectivity index (χ1v) is 5.26. The number of aromatic nitrogens is 1. The van der Waals surface area contributed by atoms with Gasteiger partial charge in [0.1, 0.15) is 5.82 Å². The molecule has 0 aliphatic rings. The second-order valence-electron chi connectivity index (χ2n) is 3.23. The van der Waals surface area contributed by atoms with E-state index in [2.05, 4.69) is 10.3 Å². The van der Waals surface area contributed by atoms with E-state index in [0.29, 0.717) is 32.2 Å². The van der Waals surface area contributed by atoms with Crippen LogP contribution in [0.1, 0.15) is 6.42 Å². The molecule has 0 aromatic carbocycles. The Balaban J connectivity index is 2.03. The van der Waals surface area contributed by atoms with E-state index in [9.17, 15) is 4.39 Å². The van der Waals surface area contributed by atoms with Crippen LogP contribution < -0.4 is 5.32 Å². The quantitative estimate of drug-likeness (QED) is 0.543. The Bertz CT molecular complexity index is 297. The fourth-order valence-corrected chi connectivity index (χ4v) is 1.14. The smallest absolute Gasteiger partial charge is 0.214 e. The lowest BCUT2D eigenvalue weighted by atomic mass is 10.4. The van der Waals surface area contributed by atoms with Crippen LogP contribution in [0, 0.1) is 5.95 Å². The Morgan fingerprint density at radius 2 is 2.19 bits per heavy atom. The molecule has 0 aliphatic carbocycles. The summed E-state index contributed by atoms with van der Waals surface area (Å²) in [6, 6.07) is 4.67. The average Bonchev–Trinajstić information content (AvgIpc) is 2.28. The van der Waals surface area contributed by atoms with Crippen molar-refractivity contribution in [1.82, 2.24) is 4.98 Å². The lowest BCUT2D eigenvalue weighted by Gasteiger charge is -2.06. The highest BCUT2D eigenvalue weighted by molar-refractivity contribution is 5.33. The minimum absolute atomic E-state index is 0.471. The maximum atomic E-state index is 12.7. The minimum Gasteiger partial charge on any atom is -0.382 e. The van der Waals surface area contributed by atoms with Gasteiger partial charge < -0.3 is 14.8 Å². The first kappa shape index (κ1) is 12.9. The van der Waals surface area contributed by atoms with E-state index in [4.69, 9.17) is 9.47 Å². The molecule has 0 radical (unpaired) electrons. The molecule has 0 spiro atoms. The molecule has 1 aromatic heterocycles. The molecule has 0 aliphatic heterocycles. The predicted octanol–water partition coefficient (Wildman–Crippen LogP) is 1.69. The van der Waals surface area contributed by atoms with Crippen LogP contribution in [-0.2, 0) is 9.47 Å². The van der Waals surface area contributed by atoms with E-state index in [-0.39, 0.29) is 0 Å². The Labute approximate surface area is 94.8 Å². The summed E-state index contributed by atoms with van der Waals surface area (Å²) >= 11 is 0. The topological polar surface area (TPSA) is 43.4 Å². The zero-order chi connectivity index (χ0) is 11.6. The standard InChI is InChI=1S/C11H17FN2O2/c1-15-8-9-16-7-3-6-13-11-5-2-4-10(12)14-11/h2,4-5H,3,6-9H2,1H3,(H,13,14). The molecule has 0 atom stereocenters.